The van der Waals surface area contributed by atoms with Crippen LogP contribution in [0.15, 0.2) is 42.5 Å². The Kier molecular flexibility index (Phi) is 7.26. The third-order valence-corrected chi connectivity index (χ3v) is 4.93. The first-order chi connectivity index (χ1) is 12.5. The number of hydrogen-bond donors (Lipinski definition) is 1. The summed E-state index contributed by atoms with van der Waals surface area (Å²) < 4.78 is 5.94. The van der Waals surface area contributed by atoms with Crippen LogP contribution in [0.5, 0.6) is 5.75 Å². The van der Waals surface area contributed by atoms with E-state index in [4.69, 9.17) is 4.74 Å². The molecule has 2 rings (SSSR count). The zero-order chi connectivity index (χ0) is 19.1. The molecule has 0 aromatic heterocycles. The van der Waals surface area contributed by atoms with E-state index in [0.717, 1.165) is 24.2 Å². The van der Waals surface area contributed by atoms with Gasteiger partial charge in [0.25, 0.3) is 5.91 Å². The maximum Gasteiger partial charge on any atom is 0.261 e. The van der Waals surface area contributed by atoms with Crippen molar-refractivity contribution in [2.75, 3.05) is 0 Å². The zero-order valence-electron chi connectivity index (χ0n) is 16.6. The number of amides is 1. The average Bonchev–Trinajstić information content (AvgIpc) is 2.66. The Bertz CT molecular complexity index is 721. The molecule has 0 heterocycles. The summed E-state index contributed by atoms with van der Waals surface area (Å²) in [5.41, 5.74) is 4.91. The SMILES string of the molecule is CCc1ccc(O[C@H](CC)C(=O)N[C@@H](CC)c2ccc(C)c(C)c2)cc1. The lowest BCUT2D eigenvalue weighted by Gasteiger charge is -2.23. The summed E-state index contributed by atoms with van der Waals surface area (Å²) in [4.78, 5) is 12.8. The van der Waals surface area contributed by atoms with Crippen LogP contribution in [0.2, 0.25) is 0 Å². The highest BCUT2D eigenvalue weighted by Gasteiger charge is 2.22. The lowest BCUT2D eigenvalue weighted by atomic mass is 9.99. The molecule has 26 heavy (non-hydrogen) atoms. The van der Waals surface area contributed by atoms with Gasteiger partial charge in [0.05, 0.1) is 6.04 Å². The van der Waals surface area contributed by atoms with Crippen LogP contribution in [0.3, 0.4) is 0 Å². The summed E-state index contributed by atoms with van der Waals surface area (Å²) in [6.07, 6.45) is 1.98. The molecule has 140 valence electrons. The van der Waals surface area contributed by atoms with Crippen molar-refractivity contribution in [3.63, 3.8) is 0 Å². The first kappa shape index (κ1) is 20.0. The molecule has 1 amide bonds. The minimum absolute atomic E-state index is 0.00178. The smallest absolute Gasteiger partial charge is 0.261 e. The third kappa shape index (κ3) is 5.10. The van der Waals surface area contributed by atoms with Crippen LogP contribution in [0.1, 0.15) is 61.9 Å². The lowest BCUT2D eigenvalue weighted by Crippen LogP contribution is -2.40. The van der Waals surface area contributed by atoms with Gasteiger partial charge < -0.3 is 10.1 Å². The van der Waals surface area contributed by atoms with Gasteiger partial charge in [-0.1, -0.05) is 51.1 Å². The van der Waals surface area contributed by atoms with Crippen molar-refractivity contribution in [1.29, 1.82) is 0 Å². The van der Waals surface area contributed by atoms with E-state index in [1.165, 1.54) is 16.7 Å². The topological polar surface area (TPSA) is 38.3 Å². The molecule has 0 fully saturated rings. The van der Waals surface area contributed by atoms with Gasteiger partial charge in [-0.15, -0.1) is 0 Å². The Labute approximate surface area is 157 Å². The monoisotopic (exact) mass is 353 g/mol. The molecule has 2 atom stereocenters. The highest BCUT2D eigenvalue weighted by Crippen LogP contribution is 2.21. The first-order valence-corrected chi connectivity index (χ1v) is 9.61. The Morgan fingerprint density at radius 2 is 1.65 bits per heavy atom. The molecule has 0 saturated heterocycles. The van der Waals surface area contributed by atoms with Crippen molar-refractivity contribution >= 4 is 5.91 Å². The molecule has 0 unspecified atom stereocenters. The molecule has 1 N–H and O–H groups in total. The molecule has 3 heteroatoms. The fourth-order valence-corrected chi connectivity index (χ4v) is 2.96. The van der Waals surface area contributed by atoms with E-state index in [2.05, 4.69) is 51.2 Å². The van der Waals surface area contributed by atoms with Gasteiger partial charge >= 0.3 is 0 Å². The molecule has 3 nitrogen and oxygen atoms in total. The van der Waals surface area contributed by atoms with Crippen molar-refractivity contribution in [1.82, 2.24) is 5.32 Å². The quantitative estimate of drug-likeness (QED) is 0.700. The van der Waals surface area contributed by atoms with Crippen molar-refractivity contribution in [2.45, 2.75) is 66.0 Å². The highest BCUT2D eigenvalue weighted by atomic mass is 16.5. The molecule has 0 aliphatic heterocycles. The van der Waals surface area contributed by atoms with Crippen LogP contribution in [-0.4, -0.2) is 12.0 Å². The van der Waals surface area contributed by atoms with Crippen molar-refractivity contribution in [3.8, 4) is 5.75 Å². The van der Waals surface area contributed by atoms with Crippen molar-refractivity contribution in [2.24, 2.45) is 0 Å². The Morgan fingerprint density at radius 1 is 0.962 bits per heavy atom. The van der Waals surface area contributed by atoms with Gasteiger partial charge in [-0.2, -0.15) is 0 Å². The van der Waals surface area contributed by atoms with Crippen molar-refractivity contribution < 1.29 is 9.53 Å². The number of ether oxygens (including phenoxy) is 1. The van der Waals surface area contributed by atoms with Gasteiger partial charge in [-0.25, -0.2) is 0 Å². The number of carbonyl (C=O) groups excluding carboxylic acids is 1. The molecule has 0 radical (unpaired) electrons. The predicted molar refractivity (Wildman–Crippen MR) is 108 cm³/mol. The normalized spacial score (nSPS) is 13.1. The maximum absolute atomic E-state index is 12.8. The Morgan fingerprint density at radius 3 is 2.19 bits per heavy atom. The van der Waals surface area contributed by atoms with Crippen LogP contribution >= 0.6 is 0 Å². The Hall–Kier alpha value is -2.29. The summed E-state index contributed by atoms with van der Waals surface area (Å²) in [5.74, 6) is 0.681. The van der Waals surface area contributed by atoms with Gasteiger partial charge in [0, 0.05) is 0 Å². The van der Waals surface area contributed by atoms with Crippen LogP contribution in [-0.2, 0) is 11.2 Å². The number of rotatable bonds is 8. The second-order valence-corrected chi connectivity index (χ2v) is 6.83. The van der Waals surface area contributed by atoms with Gasteiger partial charge in [0.15, 0.2) is 6.10 Å². The average molecular weight is 354 g/mol. The second-order valence-electron chi connectivity index (χ2n) is 6.83. The van der Waals surface area contributed by atoms with E-state index < -0.39 is 6.10 Å². The summed E-state index contributed by atoms with van der Waals surface area (Å²) in [7, 11) is 0. The number of hydrogen-bond acceptors (Lipinski definition) is 2. The van der Waals surface area contributed by atoms with E-state index in [0.29, 0.717) is 6.42 Å². The van der Waals surface area contributed by atoms with E-state index in [1.807, 2.05) is 31.2 Å². The maximum atomic E-state index is 12.8. The van der Waals surface area contributed by atoms with Crippen LogP contribution in [0.25, 0.3) is 0 Å². The molecule has 0 aliphatic carbocycles. The first-order valence-electron chi connectivity index (χ1n) is 9.61. The van der Waals surface area contributed by atoms with Crippen LogP contribution in [0, 0.1) is 13.8 Å². The second kappa shape index (κ2) is 9.42. The molecular weight excluding hydrogens is 322 g/mol. The molecular formula is C23H31NO2. The van der Waals surface area contributed by atoms with Gasteiger partial charge in [0.2, 0.25) is 0 Å². The number of nitrogens with one attached hydrogen (secondary N) is 1. The van der Waals surface area contributed by atoms with E-state index >= 15 is 0 Å². The molecule has 0 bridgehead atoms. The minimum atomic E-state index is -0.483. The van der Waals surface area contributed by atoms with Gasteiger partial charge in [0.1, 0.15) is 5.75 Å². The summed E-state index contributed by atoms with van der Waals surface area (Å²) in [6, 6.07) is 14.3. The molecule has 2 aromatic carbocycles. The number of carbonyl (C=O) groups is 1. The zero-order valence-corrected chi connectivity index (χ0v) is 16.6. The van der Waals surface area contributed by atoms with E-state index in [-0.39, 0.29) is 11.9 Å². The standard InChI is InChI=1S/C23H31NO2/c1-6-18-10-13-20(14-11-18)26-22(8-3)23(25)24-21(7-2)19-12-9-16(4)17(5)15-19/h9-15,21-22H,6-8H2,1-5H3,(H,24,25)/t21-,22+/m0/s1. The highest BCUT2D eigenvalue weighted by molar-refractivity contribution is 5.81. The number of aryl methyl sites for hydroxylation is 3. The minimum Gasteiger partial charge on any atom is -0.481 e. The number of benzene rings is 2. The largest absolute Gasteiger partial charge is 0.481 e. The molecule has 2 aromatic rings. The lowest BCUT2D eigenvalue weighted by molar-refractivity contribution is -0.128. The third-order valence-electron chi connectivity index (χ3n) is 4.93. The summed E-state index contributed by atoms with van der Waals surface area (Å²) in [6.45, 7) is 10.4. The van der Waals surface area contributed by atoms with Crippen LogP contribution in [0.4, 0.5) is 0 Å². The van der Waals surface area contributed by atoms with Crippen molar-refractivity contribution in [3.05, 3.63) is 64.7 Å². The van der Waals surface area contributed by atoms with E-state index in [1.54, 1.807) is 0 Å². The molecule has 0 spiro atoms. The molecule has 0 saturated carbocycles. The fourth-order valence-electron chi connectivity index (χ4n) is 2.96. The predicted octanol–water partition coefficient (Wildman–Crippen LogP) is 5.29. The van der Waals surface area contributed by atoms with Gasteiger partial charge in [-0.05, 0) is 67.5 Å². The fraction of sp³-hybridized carbons (Fsp3) is 0.435. The van der Waals surface area contributed by atoms with Gasteiger partial charge in [-0.3, -0.25) is 4.79 Å². The Balaban J connectivity index is 2.06. The summed E-state index contributed by atoms with van der Waals surface area (Å²) >= 11 is 0. The summed E-state index contributed by atoms with van der Waals surface area (Å²) in [5, 5.41) is 3.16. The van der Waals surface area contributed by atoms with Crippen LogP contribution < -0.4 is 10.1 Å². The molecule has 0 aliphatic rings. The van der Waals surface area contributed by atoms with E-state index in [9.17, 15) is 4.79 Å².